The second kappa shape index (κ2) is 6.71. The number of nitrogens with one attached hydrogen (secondary N) is 1. The van der Waals surface area contributed by atoms with Crippen molar-refractivity contribution < 1.29 is 22.3 Å². The van der Waals surface area contributed by atoms with Crippen LogP contribution in [-0.4, -0.2) is 27.6 Å². The molecule has 0 bridgehead atoms. The van der Waals surface area contributed by atoms with Gasteiger partial charge in [0.15, 0.2) is 11.5 Å². The molecule has 8 heteroatoms. The summed E-state index contributed by atoms with van der Waals surface area (Å²) in [6.45, 7) is 0.00393. The molecule has 0 amide bonds. The molecule has 1 aromatic carbocycles. The average molecular weight is 326 g/mol. The van der Waals surface area contributed by atoms with Gasteiger partial charge in [-0.15, -0.1) is 0 Å². The van der Waals surface area contributed by atoms with Gasteiger partial charge in [-0.3, -0.25) is 4.98 Å². The van der Waals surface area contributed by atoms with Crippen LogP contribution in [0, 0.1) is 5.82 Å². The van der Waals surface area contributed by atoms with E-state index in [9.17, 15) is 12.8 Å². The Morgan fingerprint density at radius 3 is 2.50 bits per heavy atom. The van der Waals surface area contributed by atoms with E-state index in [1.54, 1.807) is 18.3 Å². The molecule has 0 saturated heterocycles. The zero-order chi connectivity index (χ0) is 16.2. The zero-order valence-corrected chi connectivity index (χ0v) is 12.9. The summed E-state index contributed by atoms with van der Waals surface area (Å²) < 4.78 is 50.7. The van der Waals surface area contributed by atoms with Crippen LogP contribution in [0.4, 0.5) is 4.39 Å². The highest BCUT2D eigenvalue weighted by atomic mass is 32.2. The van der Waals surface area contributed by atoms with Crippen LogP contribution < -0.4 is 14.2 Å². The molecule has 0 saturated carbocycles. The normalized spacial score (nSPS) is 11.2. The number of sulfonamides is 1. The molecule has 2 rings (SSSR count). The summed E-state index contributed by atoms with van der Waals surface area (Å²) in [5.41, 5.74) is 0.659. The Kier molecular flexibility index (Phi) is 4.94. The van der Waals surface area contributed by atoms with Crippen molar-refractivity contribution in [3.05, 3.63) is 48.0 Å². The Labute approximate surface area is 128 Å². The van der Waals surface area contributed by atoms with Gasteiger partial charge in [-0.25, -0.2) is 17.5 Å². The van der Waals surface area contributed by atoms with E-state index in [0.717, 1.165) is 12.1 Å². The summed E-state index contributed by atoms with van der Waals surface area (Å²) in [5.74, 6) is -0.673. The van der Waals surface area contributed by atoms with Gasteiger partial charge in [0.1, 0.15) is 10.7 Å². The molecule has 0 atom stereocenters. The number of methoxy groups -OCH3 is 2. The molecule has 2 aromatic rings. The van der Waals surface area contributed by atoms with Crippen molar-refractivity contribution in [3.63, 3.8) is 0 Å². The van der Waals surface area contributed by atoms with Crippen molar-refractivity contribution >= 4 is 10.0 Å². The molecular formula is C14H15FN2O4S. The molecule has 0 aliphatic heterocycles. The molecule has 1 heterocycles. The number of aromatic nitrogens is 1. The minimum absolute atomic E-state index is 0.00393. The first kappa shape index (κ1) is 16.2. The summed E-state index contributed by atoms with van der Waals surface area (Å²) in [6, 6.07) is 5.44. The fourth-order valence-electron chi connectivity index (χ4n) is 1.80. The highest BCUT2D eigenvalue weighted by Crippen LogP contribution is 2.31. The number of ether oxygens (including phenoxy) is 2. The topological polar surface area (TPSA) is 77.5 Å². The zero-order valence-electron chi connectivity index (χ0n) is 12.0. The number of benzene rings is 1. The van der Waals surface area contributed by atoms with Gasteiger partial charge in [0.05, 0.1) is 14.2 Å². The van der Waals surface area contributed by atoms with Crippen LogP contribution in [0.1, 0.15) is 5.56 Å². The molecule has 0 radical (unpaired) electrons. The Hall–Kier alpha value is -2.19. The Morgan fingerprint density at radius 1 is 1.23 bits per heavy atom. The number of hydrogen-bond acceptors (Lipinski definition) is 5. The molecule has 118 valence electrons. The lowest BCUT2D eigenvalue weighted by Crippen LogP contribution is -2.24. The second-order valence-electron chi connectivity index (χ2n) is 4.32. The Bertz CT molecular complexity index is 751. The minimum Gasteiger partial charge on any atom is -0.493 e. The van der Waals surface area contributed by atoms with Gasteiger partial charge in [0, 0.05) is 31.1 Å². The first-order chi connectivity index (χ1) is 10.5. The quantitative estimate of drug-likeness (QED) is 0.874. The monoisotopic (exact) mass is 326 g/mol. The second-order valence-corrected chi connectivity index (χ2v) is 6.06. The van der Waals surface area contributed by atoms with Gasteiger partial charge in [0.25, 0.3) is 0 Å². The lowest BCUT2D eigenvalue weighted by molar-refractivity contribution is 0.350. The molecule has 6 nitrogen and oxygen atoms in total. The van der Waals surface area contributed by atoms with Crippen molar-refractivity contribution in [1.82, 2.24) is 9.71 Å². The van der Waals surface area contributed by atoms with Gasteiger partial charge in [-0.05, 0) is 11.6 Å². The third-order valence-electron chi connectivity index (χ3n) is 2.92. The number of pyridine rings is 1. The highest BCUT2D eigenvalue weighted by Gasteiger charge is 2.22. The van der Waals surface area contributed by atoms with E-state index in [2.05, 4.69) is 9.71 Å². The predicted molar refractivity (Wildman–Crippen MR) is 77.8 cm³/mol. The summed E-state index contributed by atoms with van der Waals surface area (Å²) in [6.07, 6.45) is 3.10. The minimum atomic E-state index is -4.04. The Morgan fingerprint density at radius 2 is 1.91 bits per heavy atom. The van der Waals surface area contributed by atoms with Crippen LogP contribution in [0.15, 0.2) is 41.6 Å². The third kappa shape index (κ3) is 3.52. The number of halogens is 1. The summed E-state index contributed by atoms with van der Waals surface area (Å²) >= 11 is 0. The molecule has 0 aliphatic rings. The first-order valence-corrected chi connectivity index (χ1v) is 7.76. The van der Waals surface area contributed by atoms with Crippen molar-refractivity contribution in [3.8, 4) is 11.5 Å². The summed E-state index contributed by atoms with van der Waals surface area (Å²) in [7, 11) is -1.35. The fourth-order valence-corrected chi connectivity index (χ4v) is 2.89. The van der Waals surface area contributed by atoms with Gasteiger partial charge in [0.2, 0.25) is 10.0 Å². The van der Waals surface area contributed by atoms with Crippen LogP contribution in [-0.2, 0) is 16.6 Å². The van der Waals surface area contributed by atoms with Crippen LogP contribution in [0.3, 0.4) is 0 Å². The number of rotatable bonds is 6. The maximum absolute atomic E-state index is 14.0. The third-order valence-corrected chi connectivity index (χ3v) is 4.33. The van der Waals surface area contributed by atoms with Gasteiger partial charge in [-0.2, -0.15) is 0 Å². The van der Waals surface area contributed by atoms with Gasteiger partial charge >= 0.3 is 0 Å². The molecule has 0 unspecified atom stereocenters. The average Bonchev–Trinajstić information content (AvgIpc) is 2.53. The SMILES string of the molecule is COc1cc(F)c(S(=O)(=O)NCc2cccnc2)cc1OC. The first-order valence-electron chi connectivity index (χ1n) is 6.28. The largest absolute Gasteiger partial charge is 0.493 e. The van der Waals surface area contributed by atoms with Crippen LogP contribution in [0.25, 0.3) is 0 Å². The predicted octanol–water partition coefficient (Wildman–Crippen LogP) is 1.72. The lowest BCUT2D eigenvalue weighted by atomic mass is 10.3. The Balaban J connectivity index is 2.29. The van der Waals surface area contributed by atoms with Crippen molar-refractivity contribution in [2.75, 3.05) is 14.2 Å². The van der Waals surface area contributed by atoms with E-state index in [4.69, 9.17) is 9.47 Å². The molecule has 0 spiro atoms. The number of nitrogens with zero attached hydrogens (tertiary/aromatic N) is 1. The van der Waals surface area contributed by atoms with E-state index in [1.165, 1.54) is 20.4 Å². The lowest BCUT2D eigenvalue weighted by Gasteiger charge is -2.12. The standard InChI is InChI=1S/C14H15FN2O4S/c1-20-12-6-11(15)14(7-13(12)21-2)22(18,19)17-9-10-4-3-5-16-8-10/h3-8,17H,9H2,1-2H3. The molecule has 22 heavy (non-hydrogen) atoms. The van der Waals surface area contributed by atoms with E-state index >= 15 is 0 Å². The van der Waals surface area contributed by atoms with E-state index in [1.807, 2.05) is 0 Å². The molecule has 1 N–H and O–H groups in total. The smallest absolute Gasteiger partial charge is 0.243 e. The van der Waals surface area contributed by atoms with Crippen molar-refractivity contribution in [2.45, 2.75) is 11.4 Å². The maximum Gasteiger partial charge on any atom is 0.243 e. The maximum atomic E-state index is 14.0. The van der Waals surface area contributed by atoms with Crippen molar-refractivity contribution in [1.29, 1.82) is 0 Å². The van der Waals surface area contributed by atoms with Crippen LogP contribution in [0.2, 0.25) is 0 Å². The summed E-state index contributed by atoms with van der Waals surface area (Å²) in [5, 5.41) is 0. The molecule has 0 fully saturated rings. The molecule has 0 aliphatic carbocycles. The molecular weight excluding hydrogens is 311 g/mol. The van der Waals surface area contributed by atoms with E-state index < -0.39 is 20.7 Å². The fraction of sp³-hybridized carbons (Fsp3) is 0.214. The summed E-state index contributed by atoms with van der Waals surface area (Å²) in [4.78, 5) is 3.37. The van der Waals surface area contributed by atoms with Gasteiger partial charge in [-0.1, -0.05) is 6.07 Å². The van der Waals surface area contributed by atoms with Crippen LogP contribution >= 0.6 is 0 Å². The van der Waals surface area contributed by atoms with E-state index in [0.29, 0.717) is 5.56 Å². The number of hydrogen-bond donors (Lipinski definition) is 1. The van der Waals surface area contributed by atoms with Gasteiger partial charge < -0.3 is 9.47 Å². The molecule has 1 aromatic heterocycles. The highest BCUT2D eigenvalue weighted by molar-refractivity contribution is 7.89. The van der Waals surface area contributed by atoms with E-state index in [-0.39, 0.29) is 18.0 Å². The van der Waals surface area contributed by atoms with Crippen LogP contribution in [0.5, 0.6) is 11.5 Å². The van der Waals surface area contributed by atoms with Crippen molar-refractivity contribution in [2.24, 2.45) is 0 Å².